The van der Waals surface area contributed by atoms with Gasteiger partial charge in [0.15, 0.2) is 0 Å². The van der Waals surface area contributed by atoms with Crippen LogP contribution in [0, 0.1) is 12.7 Å². The third-order valence-corrected chi connectivity index (χ3v) is 3.38. The maximum absolute atomic E-state index is 12.9. The van der Waals surface area contributed by atoms with E-state index in [1.54, 1.807) is 6.07 Å². The molecule has 1 aliphatic carbocycles. The number of hydrogen-bond acceptors (Lipinski definition) is 2. The zero-order chi connectivity index (χ0) is 12.4. The zero-order valence-corrected chi connectivity index (χ0v) is 10.7. The molecule has 3 atom stereocenters. The summed E-state index contributed by atoms with van der Waals surface area (Å²) < 4.78 is 24.2. The highest BCUT2D eigenvalue weighted by Crippen LogP contribution is 2.34. The maximum atomic E-state index is 12.9. The van der Waals surface area contributed by atoms with Gasteiger partial charge in [-0.2, -0.15) is 0 Å². The fourth-order valence-electron chi connectivity index (χ4n) is 1.95. The Bertz CT molecular complexity index is 397. The van der Waals surface area contributed by atoms with Crippen LogP contribution in [0.15, 0.2) is 18.2 Å². The summed E-state index contributed by atoms with van der Waals surface area (Å²) in [6, 6.07) is 4.51. The minimum Gasteiger partial charge on any atom is -0.487 e. The molecule has 2 nitrogen and oxygen atoms in total. The summed E-state index contributed by atoms with van der Waals surface area (Å²) in [7, 11) is 0. The van der Waals surface area contributed by atoms with E-state index in [0.29, 0.717) is 12.4 Å². The van der Waals surface area contributed by atoms with Crippen molar-refractivity contribution in [3.63, 3.8) is 0 Å². The second-order valence-corrected chi connectivity index (χ2v) is 4.80. The molecule has 0 N–H and O–H groups in total. The smallest absolute Gasteiger partial charge is 0.128 e. The SMILES string of the molecule is CCOC1C(Cl)CC1Oc1ccc(F)cc1C. The van der Waals surface area contributed by atoms with E-state index in [4.69, 9.17) is 21.1 Å². The fourth-order valence-corrected chi connectivity index (χ4v) is 2.37. The first-order valence-electron chi connectivity index (χ1n) is 5.80. The second-order valence-electron chi connectivity index (χ2n) is 4.24. The van der Waals surface area contributed by atoms with Crippen LogP contribution >= 0.6 is 11.6 Å². The molecule has 0 spiro atoms. The van der Waals surface area contributed by atoms with Crippen LogP contribution in [-0.4, -0.2) is 24.2 Å². The molecule has 0 heterocycles. The highest BCUT2D eigenvalue weighted by molar-refractivity contribution is 6.21. The van der Waals surface area contributed by atoms with Crippen molar-refractivity contribution in [3.05, 3.63) is 29.6 Å². The van der Waals surface area contributed by atoms with Gasteiger partial charge >= 0.3 is 0 Å². The summed E-state index contributed by atoms with van der Waals surface area (Å²) in [6.45, 7) is 4.38. The number of aryl methyl sites for hydroxylation is 1. The lowest BCUT2D eigenvalue weighted by Gasteiger charge is -2.40. The number of halogens is 2. The Kier molecular flexibility index (Phi) is 3.89. The molecular formula is C13H16ClFO2. The first-order chi connectivity index (χ1) is 8.11. The second kappa shape index (κ2) is 5.23. The maximum Gasteiger partial charge on any atom is 0.128 e. The predicted octanol–water partition coefficient (Wildman–Crippen LogP) is 3.30. The van der Waals surface area contributed by atoms with Gasteiger partial charge < -0.3 is 9.47 Å². The number of benzene rings is 1. The predicted molar refractivity (Wildman–Crippen MR) is 65.2 cm³/mol. The van der Waals surface area contributed by atoms with Crippen LogP contribution in [0.2, 0.25) is 0 Å². The molecule has 94 valence electrons. The largest absolute Gasteiger partial charge is 0.487 e. The molecule has 0 amide bonds. The molecule has 1 fully saturated rings. The molecule has 1 aromatic carbocycles. The first kappa shape index (κ1) is 12.7. The third kappa shape index (κ3) is 2.72. The van der Waals surface area contributed by atoms with Crippen LogP contribution in [0.3, 0.4) is 0 Å². The minimum absolute atomic E-state index is 0.0145. The van der Waals surface area contributed by atoms with Crippen molar-refractivity contribution in [2.45, 2.75) is 37.9 Å². The Hall–Kier alpha value is -0.800. The highest BCUT2D eigenvalue weighted by Gasteiger charge is 2.42. The van der Waals surface area contributed by atoms with E-state index >= 15 is 0 Å². The molecule has 0 aromatic heterocycles. The summed E-state index contributed by atoms with van der Waals surface area (Å²) in [5.74, 6) is 0.449. The lowest BCUT2D eigenvalue weighted by Crippen LogP contribution is -2.52. The summed E-state index contributed by atoms with van der Waals surface area (Å²) in [4.78, 5) is 0. The van der Waals surface area contributed by atoms with Crippen LogP contribution in [-0.2, 0) is 4.74 Å². The summed E-state index contributed by atoms with van der Waals surface area (Å²) in [5, 5.41) is 0.0145. The Morgan fingerprint density at radius 3 is 2.82 bits per heavy atom. The minimum atomic E-state index is -0.250. The van der Waals surface area contributed by atoms with Gasteiger partial charge in [0.2, 0.25) is 0 Å². The van der Waals surface area contributed by atoms with E-state index in [2.05, 4.69) is 0 Å². The third-order valence-electron chi connectivity index (χ3n) is 2.95. The molecule has 1 aromatic rings. The Labute approximate surface area is 106 Å². The van der Waals surface area contributed by atoms with E-state index in [1.165, 1.54) is 12.1 Å². The molecule has 0 aliphatic heterocycles. The standard InChI is InChI=1S/C13H16ClFO2/c1-3-16-13-10(14)7-12(13)17-11-5-4-9(15)6-8(11)2/h4-6,10,12-13H,3,7H2,1-2H3. The van der Waals surface area contributed by atoms with Crippen LogP contribution < -0.4 is 4.74 Å². The Balaban J connectivity index is 2.01. The average Bonchev–Trinajstić information content (AvgIpc) is 2.28. The Morgan fingerprint density at radius 2 is 2.24 bits per heavy atom. The van der Waals surface area contributed by atoms with E-state index in [1.807, 2.05) is 13.8 Å². The van der Waals surface area contributed by atoms with Crippen LogP contribution in [0.4, 0.5) is 4.39 Å². The van der Waals surface area contributed by atoms with Crippen LogP contribution in [0.1, 0.15) is 18.9 Å². The lowest BCUT2D eigenvalue weighted by molar-refractivity contribution is -0.0761. The molecule has 0 saturated heterocycles. The molecule has 4 heteroatoms. The molecule has 1 aliphatic rings. The molecule has 0 radical (unpaired) electrons. The van der Waals surface area contributed by atoms with E-state index in [9.17, 15) is 4.39 Å². The van der Waals surface area contributed by atoms with Crippen LogP contribution in [0.25, 0.3) is 0 Å². The average molecular weight is 259 g/mol. The molecule has 2 rings (SSSR count). The number of rotatable bonds is 4. The van der Waals surface area contributed by atoms with Crippen molar-refractivity contribution in [3.8, 4) is 5.75 Å². The Morgan fingerprint density at radius 1 is 1.47 bits per heavy atom. The van der Waals surface area contributed by atoms with Crippen molar-refractivity contribution in [1.29, 1.82) is 0 Å². The quantitative estimate of drug-likeness (QED) is 0.772. The van der Waals surface area contributed by atoms with Gasteiger partial charge in [-0.05, 0) is 37.6 Å². The summed E-state index contributed by atoms with van der Waals surface area (Å²) >= 11 is 6.05. The van der Waals surface area contributed by atoms with Crippen molar-refractivity contribution >= 4 is 11.6 Å². The molecule has 0 bridgehead atoms. The van der Waals surface area contributed by atoms with Gasteiger partial charge in [0, 0.05) is 13.0 Å². The van der Waals surface area contributed by atoms with E-state index < -0.39 is 0 Å². The lowest BCUT2D eigenvalue weighted by atomic mass is 9.91. The van der Waals surface area contributed by atoms with Crippen molar-refractivity contribution in [1.82, 2.24) is 0 Å². The first-order valence-corrected chi connectivity index (χ1v) is 6.24. The fraction of sp³-hybridized carbons (Fsp3) is 0.538. The van der Waals surface area contributed by atoms with Gasteiger partial charge in [-0.3, -0.25) is 0 Å². The summed E-state index contributed by atoms with van der Waals surface area (Å²) in [5.41, 5.74) is 0.790. The van der Waals surface area contributed by atoms with Crippen LogP contribution in [0.5, 0.6) is 5.75 Å². The van der Waals surface area contributed by atoms with E-state index in [-0.39, 0.29) is 23.4 Å². The molecule has 17 heavy (non-hydrogen) atoms. The van der Waals surface area contributed by atoms with Crippen molar-refractivity contribution in [2.75, 3.05) is 6.61 Å². The van der Waals surface area contributed by atoms with Gasteiger partial charge in [0.25, 0.3) is 0 Å². The van der Waals surface area contributed by atoms with Crippen molar-refractivity contribution in [2.24, 2.45) is 0 Å². The number of alkyl halides is 1. The van der Waals surface area contributed by atoms with Gasteiger partial charge in [-0.25, -0.2) is 4.39 Å². The number of hydrogen-bond donors (Lipinski definition) is 0. The van der Waals surface area contributed by atoms with Gasteiger partial charge in [-0.15, -0.1) is 11.6 Å². The molecule has 3 unspecified atom stereocenters. The van der Waals surface area contributed by atoms with Gasteiger partial charge in [-0.1, -0.05) is 0 Å². The molecule has 1 saturated carbocycles. The van der Waals surface area contributed by atoms with Crippen molar-refractivity contribution < 1.29 is 13.9 Å². The van der Waals surface area contributed by atoms with Gasteiger partial charge in [0.1, 0.15) is 23.8 Å². The van der Waals surface area contributed by atoms with E-state index in [0.717, 1.165) is 12.0 Å². The summed E-state index contributed by atoms with van der Waals surface area (Å²) in [6.07, 6.45) is 0.677. The normalized spacial score (nSPS) is 27.6. The van der Waals surface area contributed by atoms with Gasteiger partial charge in [0.05, 0.1) is 5.38 Å². The monoisotopic (exact) mass is 258 g/mol. The zero-order valence-electron chi connectivity index (χ0n) is 9.95. The highest BCUT2D eigenvalue weighted by atomic mass is 35.5. The number of ether oxygens (including phenoxy) is 2. The molecular weight excluding hydrogens is 243 g/mol. The topological polar surface area (TPSA) is 18.5 Å².